The van der Waals surface area contributed by atoms with Crippen molar-refractivity contribution in [3.05, 3.63) is 47.7 Å². The number of aldehydes is 1. The second-order valence-corrected chi connectivity index (χ2v) is 5.42. The Morgan fingerprint density at radius 3 is 2.82 bits per heavy atom. The highest BCUT2D eigenvalue weighted by Crippen LogP contribution is 2.28. The molecule has 2 aromatic heterocycles. The number of rotatable bonds is 4. The molecule has 0 spiro atoms. The third-order valence-electron chi connectivity index (χ3n) is 3.39. The van der Waals surface area contributed by atoms with Gasteiger partial charge in [0.15, 0.2) is 6.29 Å². The molecule has 2 heterocycles. The van der Waals surface area contributed by atoms with Crippen molar-refractivity contribution >= 4 is 17.2 Å². The fourth-order valence-corrected chi connectivity index (χ4v) is 2.45. The van der Waals surface area contributed by atoms with Crippen LogP contribution < -0.4 is 0 Å². The molecular weight excluding hydrogens is 283 g/mol. The number of H-pyrrole nitrogens is 1. The maximum atomic E-state index is 14.3. The molecule has 1 N–H and O–H groups in total. The van der Waals surface area contributed by atoms with E-state index >= 15 is 0 Å². The Kier molecular flexibility index (Phi) is 3.68. The average molecular weight is 298 g/mol. The number of pyridine rings is 1. The van der Waals surface area contributed by atoms with Crippen molar-refractivity contribution < 1.29 is 9.18 Å². The smallest absolute Gasteiger partial charge is 0.168 e. The summed E-state index contributed by atoms with van der Waals surface area (Å²) in [6.45, 7) is 0.718. The Bertz CT molecular complexity index is 841. The SMILES string of the molecule is CN(C)Cc1cncc(-c2cc3c(C=O)[nH]nc3cc2F)c1. The molecule has 0 aliphatic rings. The van der Waals surface area contributed by atoms with Crippen LogP contribution in [0.5, 0.6) is 0 Å². The molecule has 0 saturated carbocycles. The summed E-state index contributed by atoms with van der Waals surface area (Å²) in [6, 6.07) is 4.86. The molecule has 6 heteroatoms. The van der Waals surface area contributed by atoms with Gasteiger partial charge in [-0.2, -0.15) is 5.10 Å². The zero-order chi connectivity index (χ0) is 15.7. The summed E-state index contributed by atoms with van der Waals surface area (Å²) in [6.07, 6.45) is 4.05. The number of aromatic amines is 1. The molecule has 3 rings (SSSR count). The van der Waals surface area contributed by atoms with Gasteiger partial charge in [0.1, 0.15) is 11.5 Å². The van der Waals surface area contributed by atoms with E-state index in [0.29, 0.717) is 34.0 Å². The molecule has 0 radical (unpaired) electrons. The summed E-state index contributed by atoms with van der Waals surface area (Å²) in [5, 5.41) is 7.12. The standard InChI is InChI=1S/C16H15FN4O/c1-21(2)8-10-3-11(7-18-6-10)12-4-13-15(5-14(12)17)19-20-16(13)9-22/h3-7,9H,8H2,1-2H3,(H,19,20). The summed E-state index contributed by atoms with van der Waals surface area (Å²) in [4.78, 5) is 17.2. The highest BCUT2D eigenvalue weighted by Gasteiger charge is 2.12. The van der Waals surface area contributed by atoms with Crippen LogP contribution in [0.25, 0.3) is 22.0 Å². The second-order valence-electron chi connectivity index (χ2n) is 5.42. The maximum Gasteiger partial charge on any atom is 0.168 e. The molecule has 5 nitrogen and oxygen atoms in total. The van der Waals surface area contributed by atoms with Crippen molar-refractivity contribution in [2.45, 2.75) is 6.54 Å². The molecule has 0 amide bonds. The minimum absolute atomic E-state index is 0.341. The molecule has 0 aliphatic carbocycles. The van der Waals surface area contributed by atoms with Gasteiger partial charge in [0, 0.05) is 41.5 Å². The first-order valence-corrected chi connectivity index (χ1v) is 6.80. The average Bonchev–Trinajstić information content (AvgIpc) is 2.87. The number of nitrogens with one attached hydrogen (secondary N) is 1. The summed E-state index contributed by atoms with van der Waals surface area (Å²) in [7, 11) is 3.92. The number of halogens is 1. The van der Waals surface area contributed by atoms with Gasteiger partial charge in [0.05, 0.1) is 5.52 Å². The number of hydrogen-bond acceptors (Lipinski definition) is 4. The Balaban J connectivity index is 2.12. The first-order chi connectivity index (χ1) is 10.6. The number of nitrogens with zero attached hydrogens (tertiary/aromatic N) is 3. The Labute approximate surface area is 126 Å². The third kappa shape index (κ3) is 2.60. The van der Waals surface area contributed by atoms with Gasteiger partial charge in [-0.15, -0.1) is 0 Å². The highest BCUT2D eigenvalue weighted by molar-refractivity contribution is 5.97. The van der Waals surface area contributed by atoms with Crippen LogP contribution >= 0.6 is 0 Å². The lowest BCUT2D eigenvalue weighted by atomic mass is 10.0. The van der Waals surface area contributed by atoms with Crippen LogP contribution in [-0.2, 0) is 6.54 Å². The molecule has 0 fully saturated rings. The molecule has 3 aromatic rings. The molecule has 112 valence electrons. The molecule has 0 saturated heterocycles. The lowest BCUT2D eigenvalue weighted by Gasteiger charge is -2.11. The van der Waals surface area contributed by atoms with Crippen LogP contribution in [0.3, 0.4) is 0 Å². The fourth-order valence-electron chi connectivity index (χ4n) is 2.45. The topological polar surface area (TPSA) is 61.9 Å². The zero-order valence-electron chi connectivity index (χ0n) is 12.3. The monoisotopic (exact) mass is 298 g/mol. The number of aromatic nitrogens is 3. The number of fused-ring (bicyclic) bond motifs is 1. The minimum atomic E-state index is -0.389. The summed E-state index contributed by atoms with van der Waals surface area (Å²) in [5.74, 6) is -0.389. The van der Waals surface area contributed by atoms with E-state index in [4.69, 9.17) is 0 Å². The molecule has 0 aliphatic heterocycles. The summed E-state index contributed by atoms with van der Waals surface area (Å²) in [5.41, 5.74) is 2.85. The van der Waals surface area contributed by atoms with Crippen molar-refractivity contribution in [3.63, 3.8) is 0 Å². The fraction of sp³-hybridized carbons (Fsp3) is 0.188. The van der Waals surface area contributed by atoms with Gasteiger partial charge < -0.3 is 4.90 Å². The van der Waals surface area contributed by atoms with E-state index in [1.54, 1.807) is 18.5 Å². The Morgan fingerprint density at radius 2 is 2.09 bits per heavy atom. The molecule has 1 aromatic carbocycles. The van der Waals surface area contributed by atoms with Crippen molar-refractivity contribution in [2.75, 3.05) is 14.1 Å². The predicted octanol–water partition coefficient (Wildman–Crippen LogP) is 2.64. The number of carbonyl (C=O) groups is 1. The van der Waals surface area contributed by atoms with Gasteiger partial charge in [-0.25, -0.2) is 4.39 Å². The van der Waals surface area contributed by atoms with E-state index in [2.05, 4.69) is 15.2 Å². The maximum absolute atomic E-state index is 14.3. The lowest BCUT2D eigenvalue weighted by Crippen LogP contribution is -2.10. The van der Waals surface area contributed by atoms with Crippen LogP contribution in [0.15, 0.2) is 30.6 Å². The first kappa shape index (κ1) is 14.3. The van der Waals surface area contributed by atoms with Crippen LogP contribution in [0.2, 0.25) is 0 Å². The van der Waals surface area contributed by atoms with E-state index in [-0.39, 0.29) is 5.82 Å². The van der Waals surface area contributed by atoms with E-state index in [1.807, 2.05) is 25.1 Å². The number of hydrogen-bond donors (Lipinski definition) is 1. The van der Waals surface area contributed by atoms with Crippen molar-refractivity contribution in [1.82, 2.24) is 20.1 Å². The summed E-state index contributed by atoms with van der Waals surface area (Å²) < 4.78 is 14.3. The Morgan fingerprint density at radius 1 is 1.27 bits per heavy atom. The van der Waals surface area contributed by atoms with Crippen molar-refractivity contribution in [2.24, 2.45) is 0 Å². The first-order valence-electron chi connectivity index (χ1n) is 6.80. The van der Waals surface area contributed by atoms with E-state index in [9.17, 15) is 9.18 Å². The minimum Gasteiger partial charge on any atom is -0.305 e. The molecule has 0 bridgehead atoms. The van der Waals surface area contributed by atoms with E-state index < -0.39 is 0 Å². The highest BCUT2D eigenvalue weighted by atomic mass is 19.1. The van der Waals surface area contributed by atoms with Crippen LogP contribution in [0, 0.1) is 5.82 Å². The second kappa shape index (κ2) is 5.65. The van der Waals surface area contributed by atoms with Crippen molar-refractivity contribution in [1.29, 1.82) is 0 Å². The van der Waals surface area contributed by atoms with Crippen molar-refractivity contribution in [3.8, 4) is 11.1 Å². The van der Waals surface area contributed by atoms with Crippen LogP contribution in [0.4, 0.5) is 4.39 Å². The normalized spacial score (nSPS) is 11.3. The number of carbonyl (C=O) groups excluding carboxylic acids is 1. The predicted molar refractivity (Wildman–Crippen MR) is 82.1 cm³/mol. The van der Waals surface area contributed by atoms with Gasteiger partial charge in [-0.05, 0) is 31.8 Å². The van der Waals surface area contributed by atoms with E-state index in [0.717, 1.165) is 12.1 Å². The van der Waals surface area contributed by atoms with Gasteiger partial charge in [0.2, 0.25) is 0 Å². The van der Waals surface area contributed by atoms with Crippen LogP contribution in [-0.4, -0.2) is 40.5 Å². The molecule has 0 atom stereocenters. The Hall–Kier alpha value is -2.60. The molecular formula is C16H15FN4O. The van der Waals surface area contributed by atoms with E-state index in [1.165, 1.54) is 6.07 Å². The molecule has 0 unspecified atom stereocenters. The van der Waals surface area contributed by atoms with Gasteiger partial charge in [-0.1, -0.05) is 0 Å². The summed E-state index contributed by atoms with van der Waals surface area (Å²) >= 11 is 0. The lowest BCUT2D eigenvalue weighted by molar-refractivity contribution is 0.112. The quantitative estimate of drug-likeness (QED) is 0.752. The molecule has 22 heavy (non-hydrogen) atoms. The number of benzene rings is 1. The third-order valence-corrected chi connectivity index (χ3v) is 3.39. The zero-order valence-corrected chi connectivity index (χ0v) is 12.3. The van der Waals surface area contributed by atoms with Gasteiger partial charge in [-0.3, -0.25) is 14.9 Å². The van der Waals surface area contributed by atoms with Crippen LogP contribution in [0.1, 0.15) is 16.1 Å². The van der Waals surface area contributed by atoms with Gasteiger partial charge >= 0.3 is 0 Å². The van der Waals surface area contributed by atoms with Gasteiger partial charge in [0.25, 0.3) is 0 Å². The largest absolute Gasteiger partial charge is 0.305 e.